The Kier molecular flexibility index (Phi) is 4.80. The predicted molar refractivity (Wildman–Crippen MR) is 98.7 cm³/mol. The number of carbonyl (C=O) groups is 2. The van der Waals surface area contributed by atoms with Crippen molar-refractivity contribution in [2.45, 2.75) is 33.6 Å². The third kappa shape index (κ3) is 3.33. The lowest BCUT2D eigenvalue weighted by Gasteiger charge is -2.20. The lowest BCUT2D eigenvalue weighted by atomic mass is 9.90. The van der Waals surface area contributed by atoms with Crippen LogP contribution in [0.5, 0.6) is 0 Å². The van der Waals surface area contributed by atoms with Gasteiger partial charge in [-0.2, -0.15) is 5.10 Å². The van der Waals surface area contributed by atoms with Crippen LogP contribution in [0.15, 0.2) is 24.3 Å². The fraction of sp³-hybridized carbons (Fsp3) is 0.421. The molecule has 0 radical (unpaired) electrons. The first kappa shape index (κ1) is 18.5. The number of carbonyl (C=O) groups excluding carboxylic acids is 1. The van der Waals surface area contributed by atoms with Crippen molar-refractivity contribution in [2.24, 2.45) is 5.41 Å². The van der Waals surface area contributed by atoms with Crippen LogP contribution in [-0.4, -0.2) is 44.8 Å². The second kappa shape index (κ2) is 6.76. The van der Waals surface area contributed by atoms with E-state index in [0.29, 0.717) is 18.0 Å². The number of amides is 1. The first-order valence-corrected chi connectivity index (χ1v) is 8.91. The molecule has 1 amide bonds. The van der Waals surface area contributed by atoms with E-state index in [2.05, 4.69) is 5.10 Å². The molecule has 1 aromatic carbocycles. The van der Waals surface area contributed by atoms with E-state index in [4.69, 9.17) is 11.6 Å². The SMILES string of the molecule is Cc1nn(-c2ccc(Cl)cc2)c(C)c1CC(=O)N1CCC(C)(C(=O)O)C1. The Balaban J connectivity index is 1.79. The zero-order valence-corrected chi connectivity index (χ0v) is 15.9. The van der Waals surface area contributed by atoms with Crippen molar-refractivity contribution in [1.82, 2.24) is 14.7 Å². The molecule has 1 N–H and O–H groups in total. The summed E-state index contributed by atoms with van der Waals surface area (Å²) in [6, 6.07) is 7.36. The second-order valence-corrected chi connectivity index (χ2v) is 7.58. The lowest BCUT2D eigenvalue weighted by Crippen LogP contribution is -2.35. The molecule has 0 aliphatic carbocycles. The Morgan fingerprint density at radius 1 is 1.27 bits per heavy atom. The quantitative estimate of drug-likeness (QED) is 0.891. The van der Waals surface area contributed by atoms with Gasteiger partial charge in [0.2, 0.25) is 5.91 Å². The van der Waals surface area contributed by atoms with Crippen LogP contribution in [0.3, 0.4) is 0 Å². The molecule has 6 nitrogen and oxygen atoms in total. The molecule has 1 saturated heterocycles. The number of benzene rings is 1. The summed E-state index contributed by atoms with van der Waals surface area (Å²) in [5.41, 5.74) is 2.61. The molecule has 1 atom stereocenters. The van der Waals surface area contributed by atoms with Gasteiger partial charge in [0.05, 0.1) is 23.2 Å². The van der Waals surface area contributed by atoms with Crippen LogP contribution < -0.4 is 0 Å². The fourth-order valence-electron chi connectivity index (χ4n) is 3.38. The van der Waals surface area contributed by atoms with E-state index in [1.807, 2.05) is 26.0 Å². The van der Waals surface area contributed by atoms with Crippen LogP contribution in [0.25, 0.3) is 5.69 Å². The van der Waals surface area contributed by atoms with Crippen molar-refractivity contribution in [2.75, 3.05) is 13.1 Å². The minimum atomic E-state index is -0.854. The van der Waals surface area contributed by atoms with Gasteiger partial charge in [-0.1, -0.05) is 11.6 Å². The number of halogens is 1. The molecule has 0 spiro atoms. The molecule has 2 aromatic rings. The van der Waals surface area contributed by atoms with Crippen molar-refractivity contribution in [1.29, 1.82) is 0 Å². The van der Waals surface area contributed by atoms with Crippen LogP contribution in [0.1, 0.15) is 30.3 Å². The summed E-state index contributed by atoms with van der Waals surface area (Å²) < 4.78 is 1.81. The largest absolute Gasteiger partial charge is 0.481 e. The van der Waals surface area contributed by atoms with Gasteiger partial charge < -0.3 is 10.0 Å². The maximum absolute atomic E-state index is 12.7. The van der Waals surface area contributed by atoms with Crippen LogP contribution in [0.2, 0.25) is 5.02 Å². The van der Waals surface area contributed by atoms with E-state index in [0.717, 1.165) is 22.6 Å². The second-order valence-electron chi connectivity index (χ2n) is 7.15. The maximum Gasteiger partial charge on any atom is 0.311 e. The van der Waals surface area contributed by atoms with Gasteiger partial charge in [-0.15, -0.1) is 0 Å². The van der Waals surface area contributed by atoms with Crippen LogP contribution in [0.4, 0.5) is 0 Å². The highest BCUT2D eigenvalue weighted by Gasteiger charge is 2.42. The van der Waals surface area contributed by atoms with E-state index in [-0.39, 0.29) is 18.9 Å². The number of nitrogens with zero attached hydrogens (tertiary/aromatic N) is 3. The number of aromatic nitrogens is 2. The zero-order valence-electron chi connectivity index (χ0n) is 15.1. The minimum absolute atomic E-state index is 0.0585. The Hall–Kier alpha value is -2.34. The Morgan fingerprint density at radius 3 is 2.50 bits per heavy atom. The Morgan fingerprint density at radius 2 is 1.92 bits per heavy atom. The molecule has 1 aliphatic heterocycles. The summed E-state index contributed by atoms with van der Waals surface area (Å²) in [5.74, 6) is -0.910. The van der Waals surface area contributed by atoms with E-state index in [1.54, 1.807) is 28.6 Å². The summed E-state index contributed by atoms with van der Waals surface area (Å²) in [6.07, 6.45) is 0.705. The van der Waals surface area contributed by atoms with Gasteiger partial charge in [0.1, 0.15) is 0 Å². The zero-order chi connectivity index (χ0) is 19.1. The standard InChI is InChI=1S/C19H22ClN3O3/c1-12-16(10-17(24)22-9-8-19(3,11-22)18(25)26)13(2)23(21-12)15-6-4-14(20)5-7-15/h4-7H,8-11H2,1-3H3,(H,25,26). The summed E-state index contributed by atoms with van der Waals surface area (Å²) in [5, 5.41) is 14.5. The number of aryl methyl sites for hydroxylation is 1. The average Bonchev–Trinajstić information content (AvgIpc) is 3.12. The number of likely N-dealkylation sites (tertiary alicyclic amines) is 1. The molecular weight excluding hydrogens is 354 g/mol. The molecule has 138 valence electrons. The predicted octanol–water partition coefficient (Wildman–Crippen LogP) is 3.01. The molecule has 1 fully saturated rings. The molecule has 3 rings (SSSR count). The van der Waals surface area contributed by atoms with Crippen molar-refractivity contribution in [3.8, 4) is 5.69 Å². The number of rotatable bonds is 4. The number of carboxylic acid groups (broad SMARTS) is 1. The summed E-state index contributed by atoms with van der Waals surface area (Å²) in [4.78, 5) is 25.7. The molecule has 26 heavy (non-hydrogen) atoms. The van der Waals surface area contributed by atoms with Crippen LogP contribution >= 0.6 is 11.6 Å². The highest BCUT2D eigenvalue weighted by Crippen LogP contribution is 2.31. The van der Waals surface area contributed by atoms with Crippen molar-refractivity contribution in [3.05, 3.63) is 46.2 Å². The first-order chi connectivity index (χ1) is 12.2. The van der Waals surface area contributed by atoms with Crippen molar-refractivity contribution < 1.29 is 14.7 Å². The normalized spacial score (nSPS) is 19.8. The van der Waals surface area contributed by atoms with Gasteiger partial charge in [0.25, 0.3) is 0 Å². The smallest absolute Gasteiger partial charge is 0.311 e. The third-order valence-corrected chi connectivity index (χ3v) is 5.43. The number of carboxylic acids is 1. The number of hydrogen-bond acceptors (Lipinski definition) is 3. The Bertz CT molecular complexity index is 860. The monoisotopic (exact) mass is 375 g/mol. The van der Waals surface area contributed by atoms with Gasteiger partial charge in [0.15, 0.2) is 0 Å². The van der Waals surface area contributed by atoms with Crippen LogP contribution in [-0.2, 0) is 16.0 Å². The van der Waals surface area contributed by atoms with Gasteiger partial charge >= 0.3 is 5.97 Å². The summed E-state index contributed by atoms with van der Waals surface area (Å²) >= 11 is 5.94. The molecule has 1 aliphatic rings. The average molecular weight is 376 g/mol. The molecule has 1 unspecified atom stereocenters. The van der Waals surface area contributed by atoms with Gasteiger partial charge in [-0.3, -0.25) is 9.59 Å². The third-order valence-electron chi connectivity index (χ3n) is 5.18. The minimum Gasteiger partial charge on any atom is -0.481 e. The molecule has 1 aromatic heterocycles. The van der Waals surface area contributed by atoms with Crippen molar-refractivity contribution in [3.63, 3.8) is 0 Å². The first-order valence-electron chi connectivity index (χ1n) is 8.53. The van der Waals surface area contributed by atoms with E-state index in [9.17, 15) is 14.7 Å². The maximum atomic E-state index is 12.7. The molecule has 0 saturated carbocycles. The number of aliphatic carboxylic acids is 1. The molecular formula is C19H22ClN3O3. The van der Waals surface area contributed by atoms with E-state index >= 15 is 0 Å². The van der Waals surface area contributed by atoms with Crippen molar-refractivity contribution >= 4 is 23.5 Å². The van der Waals surface area contributed by atoms with Crippen LogP contribution in [0, 0.1) is 19.3 Å². The Labute approximate surface area is 157 Å². The summed E-state index contributed by atoms with van der Waals surface area (Å²) in [7, 11) is 0. The molecule has 7 heteroatoms. The fourth-order valence-corrected chi connectivity index (χ4v) is 3.50. The van der Waals surface area contributed by atoms with Gasteiger partial charge in [0, 0.05) is 29.4 Å². The number of hydrogen-bond donors (Lipinski definition) is 1. The highest BCUT2D eigenvalue weighted by molar-refractivity contribution is 6.30. The van der Waals surface area contributed by atoms with Gasteiger partial charge in [-0.05, 0) is 51.5 Å². The summed E-state index contributed by atoms with van der Waals surface area (Å²) in [6.45, 7) is 6.24. The lowest BCUT2D eigenvalue weighted by molar-refractivity contribution is -0.147. The molecule has 2 heterocycles. The highest BCUT2D eigenvalue weighted by atomic mass is 35.5. The van der Waals surface area contributed by atoms with E-state index < -0.39 is 11.4 Å². The topological polar surface area (TPSA) is 75.4 Å². The van der Waals surface area contributed by atoms with Gasteiger partial charge in [-0.25, -0.2) is 4.68 Å². The van der Waals surface area contributed by atoms with E-state index in [1.165, 1.54) is 0 Å². The molecule has 0 bridgehead atoms.